The molecule has 2 N–H and O–H groups in total. The van der Waals surface area contributed by atoms with Gasteiger partial charge in [0.05, 0.1) is 12.3 Å². The van der Waals surface area contributed by atoms with Crippen LogP contribution in [0.3, 0.4) is 0 Å². The first kappa shape index (κ1) is 15.0. The molecule has 0 radical (unpaired) electrons. The third-order valence-corrected chi connectivity index (χ3v) is 2.74. The summed E-state index contributed by atoms with van der Waals surface area (Å²) in [5, 5.41) is 14.8. The summed E-state index contributed by atoms with van der Waals surface area (Å²) in [5.41, 5.74) is 1.37. The van der Waals surface area contributed by atoms with E-state index in [0.29, 0.717) is 37.3 Å². The van der Waals surface area contributed by atoms with E-state index >= 15 is 0 Å². The summed E-state index contributed by atoms with van der Waals surface area (Å²) in [4.78, 5) is 11.1. The molecule has 5 heteroatoms. The summed E-state index contributed by atoms with van der Waals surface area (Å²) < 4.78 is 5.64. The molecule has 5 nitrogen and oxygen atoms in total. The average molecular weight is 264 g/mol. The molecule has 0 unspecified atom stereocenters. The highest BCUT2D eigenvalue weighted by molar-refractivity contribution is 6.02. The first-order valence-electron chi connectivity index (χ1n) is 6.36. The molecule has 0 atom stereocenters. The Balaban J connectivity index is 2.61. The molecule has 0 saturated carbocycles. The Morgan fingerprint density at radius 1 is 1.42 bits per heavy atom. The Kier molecular flexibility index (Phi) is 6.43. The number of nitrogens with zero attached hydrogens (tertiary/aromatic N) is 1. The van der Waals surface area contributed by atoms with Gasteiger partial charge in [0.2, 0.25) is 5.91 Å². The topological polar surface area (TPSA) is 70.9 Å². The number of carbonyl (C=O) groups excluding carboxylic acids is 1. The quantitative estimate of drug-likeness (QED) is 0.343. The van der Waals surface area contributed by atoms with Gasteiger partial charge < -0.3 is 15.3 Å². The molecule has 1 aromatic carbocycles. The Bertz CT molecular complexity index is 444. The Labute approximate surface area is 113 Å². The Morgan fingerprint density at radius 2 is 2.16 bits per heavy atom. The van der Waals surface area contributed by atoms with Gasteiger partial charge in [0, 0.05) is 19.0 Å². The van der Waals surface area contributed by atoms with Crippen LogP contribution in [0.4, 0.5) is 0 Å². The number of carbonyl (C=O) groups is 1. The Morgan fingerprint density at radius 3 is 2.79 bits per heavy atom. The zero-order valence-electron chi connectivity index (χ0n) is 11.3. The minimum atomic E-state index is 0.00283. The normalized spacial score (nSPS) is 11.2. The molecule has 0 aliphatic carbocycles. The van der Waals surface area contributed by atoms with Gasteiger partial charge in [-0.05, 0) is 25.0 Å². The van der Waals surface area contributed by atoms with Crippen molar-refractivity contribution in [2.24, 2.45) is 5.16 Å². The monoisotopic (exact) mass is 264 g/mol. The van der Waals surface area contributed by atoms with E-state index in [1.54, 1.807) is 7.05 Å². The van der Waals surface area contributed by atoms with Crippen LogP contribution < -0.4 is 10.1 Å². The molecule has 1 aromatic rings. The van der Waals surface area contributed by atoms with E-state index in [2.05, 4.69) is 10.5 Å². The van der Waals surface area contributed by atoms with Gasteiger partial charge >= 0.3 is 0 Å². The SMILES string of the molecule is CCC(=NO)c1ccccc1OCCCC(=O)NC. The fourth-order valence-corrected chi connectivity index (χ4v) is 1.69. The van der Waals surface area contributed by atoms with Crippen LogP contribution in [0.2, 0.25) is 0 Å². The van der Waals surface area contributed by atoms with Crippen molar-refractivity contribution in [1.82, 2.24) is 5.32 Å². The maximum atomic E-state index is 11.1. The first-order valence-corrected chi connectivity index (χ1v) is 6.36. The van der Waals surface area contributed by atoms with E-state index in [1.165, 1.54) is 0 Å². The number of rotatable bonds is 7. The number of amides is 1. The molecule has 0 heterocycles. The molecule has 0 aliphatic rings. The molecule has 1 amide bonds. The molecule has 104 valence electrons. The smallest absolute Gasteiger partial charge is 0.219 e. The number of nitrogens with one attached hydrogen (secondary N) is 1. The molecular formula is C14H20N2O3. The number of benzene rings is 1. The lowest BCUT2D eigenvalue weighted by atomic mass is 10.1. The summed E-state index contributed by atoms with van der Waals surface area (Å²) >= 11 is 0. The van der Waals surface area contributed by atoms with Crippen molar-refractivity contribution in [2.75, 3.05) is 13.7 Å². The second kappa shape index (κ2) is 8.13. The van der Waals surface area contributed by atoms with Gasteiger partial charge in [-0.3, -0.25) is 4.79 Å². The molecule has 0 aromatic heterocycles. The number of ether oxygens (including phenoxy) is 1. The van der Waals surface area contributed by atoms with Crippen molar-refractivity contribution in [1.29, 1.82) is 0 Å². The highest BCUT2D eigenvalue weighted by atomic mass is 16.5. The van der Waals surface area contributed by atoms with E-state index in [9.17, 15) is 4.79 Å². The van der Waals surface area contributed by atoms with Crippen LogP contribution in [0.25, 0.3) is 0 Å². The minimum Gasteiger partial charge on any atom is -0.493 e. The van der Waals surface area contributed by atoms with Crippen LogP contribution in [-0.2, 0) is 4.79 Å². The van der Waals surface area contributed by atoms with Crippen molar-refractivity contribution in [3.05, 3.63) is 29.8 Å². The summed E-state index contributed by atoms with van der Waals surface area (Å²) in [6.07, 6.45) is 1.70. The molecular weight excluding hydrogens is 244 g/mol. The van der Waals surface area contributed by atoms with E-state index in [-0.39, 0.29) is 5.91 Å². The highest BCUT2D eigenvalue weighted by Gasteiger charge is 2.09. The maximum Gasteiger partial charge on any atom is 0.219 e. The number of hydrogen-bond donors (Lipinski definition) is 2. The highest BCUT2D eigenvalue weighted by Crippen LogP contribution is 2.20. The minimum absolute atomic E-state index is 0.00283. The summed E-state index contributed by atoms with van der Waals surface area (Å²) in [6.45, 7) is 2.37. The molecule has 19 heavy (non-hydrogen) atoms. The van der Waals surface area contributed by atoms with Crippen LogP contribution in [0, 0.1) is 0 Å². The van der Waals surface area contributed by atoms with Crippen LogP contribution in [0.5, 0.6) is 5.75 Å². The van der Waals surface area contributed by atoms with Gasteiger partial charge in [-0.2, -0.15) is 0 Å². The zero-order chi connectivity index (χ0) is 14.1. The van der Waals surface area contributed by atoms with Crippen molar-refractivity contribution in [3.8, 4) is 5.75 Å². The van der Waals surface area contributed by atoms with Crippen molar-refractivity contribution < 1.29 is 14.7 Å². The van der Waals surface area contributed by atoms with Gasteiger partial charge in [0.1, 0.15) is 5.75 Å². The number of oxime groups is 1. The summed E-state index contributed by atoms with van der Waals surface area (Å²) in [7, 11) is 1.61. The van der Waals surface area contributed by atoms with Gasteiger partial charge in [0.25, 0.3) is 0 Å². The van der Waals surface area contributed by atoms with Gasteiger partial charge in [0.15, 0.2) is 0 Å². The van der Waals surface area contributed by atoms with Crippen molar-refractivity contribution in [3.63, 3.8) is 0 Å². The van der Waals surface area contributed by atoms with Crippen molar-refractivity contribution >= 4 is 11.6 Å². The van der Waals surface area contributed by atoms with Gasteiger partial charge in [-0.15, -0.1) is 0 Å². The second-order valence-corrected chi connectivity index (χ2v) is 4.02. The third-order valence-electron chi connectivity index (χ3n) is 2.74. The molecule has 1 rings (SSSR count). The number of para-hydroxylation sites is 1. The lowest BCUT2D eigenvalue weighted by molar-refractivity contribution is -0.120. The molecule has 0 aliphatic heterocycles. The predicted molar refractivity (Wildman–Crippen MR) is 73.9 cm³/mol. The van der Waals surface area contributed by atoms with Crippen LogP contribution >= 0.6 is 0 Å². The number of hydrogen-bond acceptors (Lipinski definition) is 4. The molecule has 0 saturated heterocycles. The largest absolute Gasteiger partial charge is 0.493 e. The summed E-state index contributed by atoms with van der Waals surface area (Å²) in [6, 6.07) is 7.42. The van der Waals surface area contributed by atoms with E-state index in [0.717, 1.165) is 5.56 Å². The zero-order valence-corrected chi connectivity index (χ0v) is 11.3. The molecule has 0 bridgehead atoms. The average Bonchev–Trinajstić information content (AvgIpc) is 2.46. The lowest BCUT2D eigenvalue weighted by Crippen LogP contribution is -2.18. The Hall–Kier alpha value is -2.04. The van der Waals surface area contributed by atoms with Crippen LogP contribution in [0.1, 0.15) is 31.7 Å². The maximum absolute atomic E-state index is 11.1. The molecule has 0 fully saturated rings. The standard InChI is InChI=1S/C14H20N2O3/c1-3-12(16-18)11-7-4-5-8-13(11)19-10-6-9-14(17)15-2/h4-5,7-8,18H,3,6,9-10H2,1-2H3,(H,15,17). The van der Waals surface area contributed by atoms with Gasteiger partial charge in [-0.25, -0.2) is 0 Å². The lowest BCUT2D eigenvalue weighted by Gasteiger charge is -2.11. The van der Waals surface area contributed by atoms with E-state index in [4.69, 9.17) is 9.94 Å². The third kappa shape index (κ3) is 4.62. The predicted octanol–water partition coefficient (Wildman–Crippen LogP) is 2.18. The molecule has 0 spiro atoms. The van der Waals surface area contributed by atoms with Crippen LogP contribution in [0.15, 0.2) is 29.4 Å². The summed E-state index contributed by atoms with van der Waals surface area (Å²) in [5.74, 6) is 0.678. The second-order valence-electron chi connectivity index (χ2n) is 4.02. The van der Waals surface area contributed by atoms with E-state index < -0.39 is 0 Å². The van der Waals surface area contributed by atoms with Crippen LogP contribution in [-0.4, -0.2) is 30.5 Å². The van der Waals surface area contributed by atoms with Gasteiger partial charge in [-0.1, -0.05) is 24.2 Å². The fraction of sp³-hybridized carbons (Fsp3) is 0.429. The fourth-order valence-electron chi connectivity index (χ4n) is 1.69. The first-order chi connectivity index (χ1) is 9.22. The van der Waals surface area contributed by atoms with E-state index in [1.807, 2.05) is 31.2 Å². The van der Waals surface area contributed by atoms with Crippen molar-refractivity contribution in [2.45, 2.75) is 26.2 Å².